The summed E-state index contributed by atoms with van der Waals surface area (Å²) in [4.78, 5) is 16.1. The molecule has 0 atom stereocenters. The zero-order valence-corrected chi connectivity index (χ0v) is 12.3. The van der Waals surface area contributed by atoms with Crippen molar-refractivity contribution in [2.45, 2.75) is 20.0 Å². The highest BCUT2D eigenvalue weighted by Gasteiger charge is 2.10. The van der Waals surface area contributed by atoms with Gasteiger partial charge in [-0.15, -0.1) is 0 Å². The van der Waals surface area contributed by atoms with Crippen LogP contribution >= 0.6 is 11.6 Å². The Morgan fingerprint density at radius 3 is 2.90 bits per heavy atom. The lowest BCUT2D eigenvalue weighted by molar-refractivity contribution is 0.0745. The van der Waals surface area contributed by atoms with Gasteiger partial charge in [0.25, 0.3) is 5.91 Å². The van der Waals surface area contributed by atoms with Crippen molar-refractivity contribution in [2.24, 2.45) is 0 Å². The summed E-state index contributed by atoms with van der Waals surface area (Å²) in [6.45, 7) is 4.83. The molecule has 1 heterocycles. The molecule has 5 heteroatoms. The highest BCUT2D eigenvalue weighted by Crippen LogP contribution is 2.22. The lowest BCUT2D eigenvalue weighted by Gasteiger charge is -2.09. The Balaban J connectivity index is 2.07. The summed E-state index contributed by atoms with van der Waals surface area (Å²) < 4.78 is 5.36. The molecule has 0 spiro atoms. The molecule has 20 heavy (non-hydrogen) atoms. The van der Waals surface area contributed by atoms with Gasteiger partial charge in [0.2, 0.25) is 0 Å². The number of hydrogen-bond donors (Lipinski definition) is 1. The maximum Gasteiger partial charge on any atom is 0.270 e. The van der Waals surface area contributed by atoms with Gasteiger partial charge < -0.3 is 10.1 Å². The lowest BCUT2D eigenvalue weighted by Crippen LogP contribution is -2.28. The molecule has 2 aromatic rings. The zero-order chi connectivity index (χ0) is 14.5. The molecular formula is C15H17ClN2O2. The predicted molar refractivity (Wildman–Crippen MR) is 80.2 cm³/mol. The molecule has 0 aliphatic rings. The Bertz CT molecular complexity index is 614. The van der Waals surface area contributed by atoms with Crippen LogP contribution in [0.1, 0.15) is 24.3 Å². The van der Waals surface area contributed by atoms with Crippen LogP contribution in [-0.4, -0.2) is 30.1 Å². The van der Waals surface area contributed by atoms with E-state index in [4.69, 9.17) is 16.3 Å². The molecule has 1 aromatic heterocycles. The minimum atomic E-state index is -0.245. The van der Waals surface area contributed by atoms with Crippen molar-refractivity contribution >= 4 is 28.3 Å². The van der Waals surface area contributed by atoms with Crippen molar-refractivity contribution < 1.29 is 9.53 Å². The van der Waals surface area contributed by atoms with Crippen LogP contribution in [0.25, 0.3) is 10.8 Å². The number of carbonyl (C=O) groups is 1. The molecule has 0 radical (unpaired) electrons. The highest BCUT2D eigenvalue weighted by molar-refractivity contribution is 6.34. The van der Waals surface area contributed by atoms with Crippen LogP contribution in [0.2, 0.25) is 5.15 Å². The van der Waals surface area contributed by atoms with E-state index >= 15 is 0 Å². The average molecular weight is 293 g/mol. The van der Waals surface area contributed by atoms with Crippen molar-refractivity contribution in [1.82, 2.24) is 10.3 Å². The van der Waals surface area contributed by atoms with Crippen molar-refractivity contribution in [3.05, 3.63) is 41.2 Å². The smallest absolute Gasteiger partial charge is 0.270 e. The molecule has 0 aliphatic heterocycles. The standard InChI is InChI=1S/C15H17ClN2O2/c1-10(2)20-8-7-17-15(19)13-9-11-5-3-4-6-12(11)14(16)18-13/h3-6,9-10H,7-8H2,1-2H3,(H,17,19). The third-order valence-electron chi connectivity index (χ3n) is 2.77. The van der Waals surface area contributed by atoms with Gasteiger partial charge >= 0.3 is 0 Å². The number of carbonyl (C=O) groups excluding carboxylic acids is 1. The van der Waals surface area contributed by atoms with E-state index in [-0.39, 0.29) is 12.0 Å². The first kappa shape index (κ1) is 14.8. The van der Waals surface area contributed by atoms with E-state index < -0.39 is 0 Å². The summed E-state index contributed by atoms with van der Waals surface area (Å²) in [6.07, 6.45) is 0.153. The van der Waals surface area contributed by atoms with E-state index in [1.54, 1.807) is 6.07 Å². The number of ether oxygens (including phenoxy) is 1. The Hall–Kier alpha value is -1.65. The van der Waals surface area contributed by atoms with Crippen molar-refractivity contribution in [3.8, 4) is 0 Å². The average Bonchev–Trinajstić information content (AvgIpc) is 2.43. The summed E-state index contributed by atoms with van der Waals surface area (Å²) in [5.74, 6) is -0.245. The molecule has 1 N–H and O–H groups in total. The minimum absolute atomic E-state index is 0.153. The molecule has 2 rings (SSSR count). The molecular weight excluding hydrogens is 276 g/mol. The summed E-state index contributed by atoms with van der Waals surface area (Å²) in [6, 6.07) is 9.31. The Kier molecular flexibility index (Phi) is 4.93. The maximum atomic E-state index is 12.0. The topological polar surface area (TPSA) is 51.2 Å². The number of benzene rings is 1. The van der Waals surface area contributed by atoms with E-state index in [0.29, 0.717) is 24.0 Å². The summed E-state index contributed by atoms with van der Waals surface area (Å²) in [5.41, 5.74) is 0.318. The molecule has 106 valence electrons. The number of nitrogens with zero attached hydrogens (tertiary/aromatic N) is 1. The zero-order valence-electron chi connectivity index (χ0n) is 11.5. The second-order valence-corrected chi connectivity index (χ2v) is 5.05. The van der Waals surface area contributed by atoms with Crippen LogP contribution < -0.4 is 5.32 Å². The number of nitrogens with one attached hydrogen (secondary N) is 1. The van der Waals surface area contributed by atoms with Crippen LogP contribution in [0.4, 0.5) is 0 Å². The fourth-order valence-corrected chi connectivity index (χ4v) is 2.09. The van der Waals surface area contributed by atoms with Crippen molar-refractivity contribution in [1.29, 1.82) is 0 Å². The van der Waals surface area contributed by atoms with Crippen molar-refractivity contribution in [3.63, 3.8) is 0 Å². The quantitative estimate of drug-likeness (QED) is 0.681. The van der Waals surface area contributed by atoms with Gasteiger partial charge in [0.15, 0.2) is 0 Å². The Labute approximate surface area is 123 Å². The first-order chi connectivity index (χ1) is 9.58. The fraction of sp³-hybridized carbons (Fsp3) is 0.333. The van der Waals surface area contributed by atoms with E-state index in [2.05, 4.69) is 10.3 Å². The number of rotatable bonds is 5. The van der Waals surface area contributed by atoms with Gasteiger partial charge in [0.1, 0.15) is 10.8 Å². The molecule has 4 nitrogen and oxygen atoms in total. The number of amides is 1. The van der Waals surface area contributed by atoms with Crippen LogP contribution in [0.5, 0.6) is 0 Å². The van der Waals surface area contributed by atoms with Crippen LogP contribution in [0, 0.1) is 0 Å². The molecule has 1 amide bonds. The van der Waals surface area contributed by atoms with E-state index in [1.165, 1.54) is 0 Å². The van der Waals surface area contributed by atoms with E-state index in [9.17, 15) is 4.79 Å². The van der Waals surface area contributed by atoms with Crippen LogP contribution in [-0.2, 0) is 4.74 Å². The summed E-state index contributed by atoms with van der Waals surface area (Å²) in [7, 11) is 0. The third-order valence-corrected chi connectivity index (χ3v) is 3.05. The molecule has 0 saturated heterocycles. The highest BCUT2D eigenvalue weighted by atomic mass is 35.5. The largest absolute Gasteiger partial charge is 0.377 e. The molecule has 0 unspecified atom stereocenters. The number of fused-ring (bicyclic) bond motifs is 1. The van der Waals surface area contributed by atoms with Crippen molar-refractivity contribution in [2.75, 3.05) is 13.2 Å². The minimum Gasteiger partial charge on any atom is -0.377 e. The third kappa shape index (κ3) is 3.68. The first-order valence-electron chi connectivity index (χ1n) is 6.53. The SMILES string of the molecule is CC(C)OCCNC(=O)c1cc2ccccc2c(Cl)n1. The number of halogens is 1. The van der Waals surface area contributed by atoms with Crippen LogP contribution in [0.15, 0.2) is 30.3 Å². The second-order valence-electron chi connectivity index (χ2n) is 4.69. The summed E-state index contributed by atoms with van der Waals surface area (Å²) in [5, 5.41) is 4.84. The summed E-state index contributed by atoms with van der Waals surface area (Å²) >= 11 is 6.09. The van der Waals surface area contributed by atoms with Gasteiger partial charge in [-0.25, -0.2) is 4.98 Å². The van der Waals surface area contributed by atoms with E-state index in [1.807, 2.05) is 38.1 Å². The molecule has 0 saturated carbocycles. The number of pyridine rings is 1. The van der Waals surface area contributed by atoms with Gasteiger partial charge in [0, 0.05) is 11.9 Å². The van der Waals surface area contributed by atoms with Gasteiger partial charge in [-0.05, 0) is 25.3 Å². The van der Waals surface area contributed by atoms with E-state index in [0.717, 1.165) is 10.8 Å². The monoisotopic (exact) mass is 292 g/mol. The number of hydrogen-bond acceptors (Lipinski definition) is 3. The number of aromatic nitrogens is 1. The maximum absolute atomic E-state index is 12.0. The Morgan fingerprint density at radius 1 is 1.40 bits per heavy atom. The van der Waals surface area contributed by atoms with Crippen LogP contribution in [0.3, 0.4) is 0 Å². The Morgan fingerprint density at radius 2 is 2.15 bits per heavy atom. The predicted octanol–water partition coefficient (Wildman–Crippen LogP) is 3.04. The van der Waals surface area contributed by atoms with Gasteiger partial charge in [0.05, 0.1) is 12.7 Å². The lowest BCUT2D eigenvalue weighted by atomic mass is 10.1. The molecule has 0 fully saturated rings. The molecule has 0 aliphatic carbocycles. The normalized spacial score (nSPS) is 11.0. The fourth-order valence-electron chi connectivity index (χ4n) is 1.82. The first-order valence-corrected chi connectivity index (χ1v) is 6.91. The van der Waals surface area contributed by atoms with Gasteiger partial charge in [-0.1, -0.05) is 35.9 Å². The van der Waals surface area contributed by atoms with Gasteiger partial charge in [-0.3, -0.25) is 4.79 Å². The second kappa shape index (κ2) is 6.68. The van der Waals surface area contributed by atoms with Gasteiger partial charge in [-0.2, -0.15) is 0 Å². The molecule has 1 aromatic carbocycles. The molecule has 0 bridgehead atoms.